The maximum Gasteiger partial charge on any atom is 0.212 e. The number of nitrogens with one attached hydrogen (secondary N) is 2. The third-order valence-electron chi connectivity index (χ3n) is 2.64. The SMILES string of the molecule is CC(C)NCCS(=O)(=O)NCC(C)(C)S(C)(=O)=O. The normalized spacial score (nSPS) is 14.1. The molecule has 18 heavy (non-hydrogen) atoms. The summed E-state index contributed by atoms with van der Waals surface area (Å²) in [7, 11) is -6.75. The lowest BCUT2D eigenvalue weighted by molar-refractivity contribution is 0.534. The molecule has 6 nitrogen and oxygen atoms in total. The predicted octanol–water partition coefficient (Wildman–Crippen LogP) is -0.273. The molecule has 2 N–H and O–H groups in total. The Bertz CT molecular complexity index is 452. The fourth-order valence-corrected chi connectivity index (χ4v) is 2.51. The molecule has 0 rings (SSSR count). The highest BCUT2D eigenvalue weighted by molar-refractivity contribution is 7.92. The van der Waals surface area contributed by atoms with Crippen LogP contribution < -0.4 is 10.0 Å². The fourth-order valence-electron chi connectivity index (χ4n) is 0.969. The molecule has 0 aliphatic carbocycles. The molecule has 0 heterocycles. The molecule has 0 aliphatic rings. The van der Waals surface area contributed by atoms with E-state index in [1.165, 1.54) is 13.8 Å². The summed E-state index contributed by atoms with van der Waals surface area (Å²) >= 11 is 0. The summed E-state index contributed by atoms with van der Waals surface area (Å²) in [6.45, 7) is 7.07. The molecule has 0 atom stereocenters. The van der Waals surface area contributed by atoms with Crippen molar-refractivity contribution in [2.45, 2.75) is 38.5 Å². The van der Waals surface area contributed by atoms with Gasteiger partial charge in [-0.05, 0) is 13.8 Å². The van der Waals surface area contributed by atoms with Crippen LogP contribution in [0.25, 0.3) is 0 Å². The Morgan fingerprint density at radius 2 is 1.61 bits per heavy atom. The second-order valence-corrected chi connectivity index (χ2v) is 9.86. The van der Waals surface area contributed by atoms with Gasteiger partial charge in [0.15, 0.2) is 9.84 Å². The molecule has 0 aliphatic heterocycles. The first kappa shape index (κ1) is 17.8. The van der Waals surface area contributed by atoms with Crippen molar-refractivity contribution >= 4 is 19.9 Å². The molecule has 0 saturated carbocycles. The van der Waals surface area contributed by atoms with Crippen LogP contribution in [-0.4, -0.2) is 52.7 Å². The van der Waals surface area contributed by atoms with Gasteiger partial charge in [-0.25, -0.2) is 21.6 Å². The van der Waals surface area contributed by atoms with E-state index in [4.69, 9.17) is 0 Å². The molecule has 0 aromatic carbocycles. The second-order valence-electron chi connectivity index (χ2n) is 5.28. The predicted molar refractivity (Wildman–Crippen MR) is 73.9 cm³/mol. The van der Waals surface area contributed by atoms with Crippen LogP contribution in [0.3, 0.4) is 0 Å². The Kier molecular flexibility index (Phi) is 6.25. The first-order valence-corrected chi connectivity index (χ1v) is 9.32. The first-order valence-electron chi connectivity index (χ1n) is 5.78. The van der Waals surface area contributed by atoms with Gasteiger partial charge in [-0.3, -0.25) is 0 Å². The van der Waals surface area contributed by atoms with Gasteiger partial charge in [0.25, 0.3) is 0 Å². The van der Waals surface area contributed by atoms with E-state index in [-0.39, 0.29) is 18.3 Å². The second kappa shape index (κ2) is 6.31. The van der Waals surface area contributed by atoms with Crippen LogP contribution in [0.4, 0.5) is 0 Å². The molecule has 0 radical (unpaired) electrons. The van der Waals surface area contributed by atoms with Crippen molar-refractivity contribution in [3.63, 3.8) is 0 Å². The molecule has 0 saturated heterocycles. The lowest BCUT2D eigenvalue weighted by Gasteiger charge is -2.22. The van der Waals surface area contributed by atoms with Crippen molar-refractivity contribution < 1.29 is 16.8 Å². The van der Waals surface area contributed by atoms with Crippen LogP contribution >= 0.6 is 0 Å². The highest BCUT2D eigenvalue weighted by atomic mass is 32.2. The third-order valence-corrected chi connectivity index (χ3v) is 6.12. The van der Waals surface area contributed by atoms with E-state index in [1.807, 2.05) is 13.8 Å². The third kappa shape index (κ3) is 6.67. The van der Waals surface area contributed by atoms with Crippen LogP contribution in [0.1, 0.15) is 27.7 Å². The highest BCUT2D eigenvalue weighted by Gasteiger charge is 2.31. The van der Waals surface area contributed by atoms with E-state index in [2.05, 4.69) is 10.0 Å². The Balaban J connectivity index is 4.37. The zero-order valence-corrected chi connectivity index (χ0v) is 13.3. The average Bonchev–Trinajstić information content (AvgIpc) is 2.12. The first-order chi connectivity index (χ1) is 7.87. The van der Waals surface area contributed by atoms with Gasteiger partial charge in [0.1, 0.15) is 0 Å². The zero-order chi connectivity index (χ0) is 14.6. The summed E-state index contributed by atoms with van der Waals surface area (Å²) in [6, 6.07) is 0.215. The van der Waals surface area contributed by atoms with Gasteiger partial charge in [-0.2, -0.15) is 0 Å². The summed E-state index contributed by atoms with van der Waals surface area (Å²) < 4.78 is 47.4. The van der Waals surface area contributed by atoms with Crippen molar-refractivity contribution in [1.82, 2.24) is 10.0 Å². The number of rotatable bonds is 8. The van der Waals surface area contributed by atoms with Crippen molar-refractivity contribution in [3.05, 3.63) is 0 Å². The van der Waals surface area contributed by atoms with Crippen molar-refractivity contribution in [1.29, 1.82) is 0 Å². The summed E-state index contributed by atoms with van der Waals surface area (Å²) in [4.78, 5) is 0. The van der Waals surface area contributed by atoms with Gasteiger partial charge in [0, 0.05) is 25.4 Å². The fraction of sp³-hybridized carbons (Fsp3) is 1.00. The summed E-state index contributed by atoms with van der Waals surface area (Å²) in [5.41, 5.74) is 0. The lowest BCUT2D eigenvalue weighted by atomic mass is 10.2. The Labute approximate surface area is 111 Å². The van der Waals surface area contributed by atoms with E-state index >= 15 is 0 Å². The summed E-state index contributed by atoms with van der Waals surface area (Å²) in [6.07, 6.45) is 1.10. The van der Waals surface area contributed by atoms with E-state index in [1.54, 1.807) is 0 Å². The van der Waals surface area contributed by atoms with Crippen LogP contribution in [-0.2, 0) is 19.9 Å². The van der Waals surface area contributed by atoms with Crippen molar-refractivity contribution in [2.75, 3.05) is 25.1 Å². The van der Waals surface area contributed by atoms with Gasteiger partial charge in [-0.15, -0.1) is 0 Å². The quantitative estimate of drug-likeness (QED) is 0.643. The lowest BCUT2D eigenvalue weighted by Crippen LogP contribution is -2.45. The molecule has 0 fully saturated rings. The summed E-state index contributed by atoms with van der Waals surface area (Å²) in [5, 5.41) is 2.99. The number of hydrogen-bond donors (Lipinski definition) is 2. The largest absolute Gasteiger partial charge is 0.313 e. The van der Waals surface area contributed by atoms with Gasteiger partial charge in [-0.1, -0.05) is 13.8 Å². The van der Waals surface area contributed by atoms with Crippen LogP contribution in [0.15, 0.2) is 0 Å². The van der Waals surface area contributed by atoms with Crippen molar-refractivity contribution in [2.24, 2.45) is 0 Å². The molecular weight excluding hydrogens is 276 g/mol. The van der Waals surface area contributed by atoms with Crippen LogP contribution in [0.2, 0.25) is 0 Å². The Morgan fingerprint density at radius 1 is 1.11 bits per heavy atom. The average molecular weight is 300 g/mol. The Hall–Kier alpha value is -0.180. The molecule has 0 bridgehead atoms. The van der Waals surface area contributed by atoms with E-state index in [9.17, 15) is 16.8 Å². The molecule has 0 unspecified atom stereocenters. The number of sulfone groups is 1. The molecule has 8 heteroatoms. The maximum absolute atomic E-state index is 11.6. The minimum Gasteiger partial charge on any atom is -0.313 e. The topological polar surface area (TPSA) is 92.3 Å². The highest BCUT2D eigenvalue weighted by Crippen LogP contribution is 2.13. The van der Waals surface area contributed by atoms with Gasteiger partial charge >= 0.3 is 0 Å². The summed E-state index contributed by atoms with van der Waals surface area (Å²) in [5.74, 6) is -0.0645. The van der Waals surface area contributed by atoms with Crippen LogP contribution in [0, 0.1) is 0 Å². The van der Waals surface area contributed by atoms with Crippen LogP contribution in [0.5, 0.6) is 0 Å². The zero-order valence-electron chi connectivity index (χ0n) is 11.6. The Morgan fingerprint density at radius 3 is 2.00 bits per heavy atom. The maximum atomic E-state index is 11.6. The molecule has 0 aromatic rings. The standard InChI is InChI=1S/C10H24N2O4S2/c1-9(2)11-6-7-18(15,16)12-8-10(3,4)17(5,13)14/h9,11-12H,6-8H2,1-5H3. The minimum absolute atomic E-state index is 0.0645. The van der Waals surface area contributed by atoms with Gasteiger partial charge < -0.3 is 5.32 Å². The monoisotopic (exact) mass is 300 g/mol. The van der Waals surface area contributed by atoms with E-state index in [0.717, 1.165) is 6.26 Å². The molecule has 0 aromatic heterocycles. The molecule has 0 spiro atoms. The molecule has 110 valence electrons. The number of hydrogen-bond acceptors (Lipinski definition) is 5. The minimum atomic E-state index is -3.45. The molecule has 0 amide bonds. The van der Waals surface area contributed by atoms with E-state index < -0.39 is 24.6 Å². The van der Waals surface area contributed by atoms with Gasteiger partial charge in [0.2, 0.25) is 10.0 Å². The molecular formula is C10H24N2O4S2. The van der Waals surface area contributed by atoms with E-state index in [0.29, 0.717) is 6.54 Å². The van der Waals surface area contributed by atoms with Crippen molar-refractivity contribution in [3.8, 4) is 0 Å². The van der Waals surface area contributed by atoms with Gasteiger partial charge in [0.05, 0.1) is 10.5 Å². The smallest absolute Gasteiger partial charge is 0.212 e. The number of sulfonamides is 1.